The standard InChI is InChI=1S/C19H25N5O/c25-19(16-3-2-8-20-11-16)21-9-6-15-12-23(17-4-1-5-17)14-18-7-10-22-24(18)13-15/h2-3,7-8,10-11,15,17H,1,4-6,9,12-14H2,(H,21,25)/t15-/m0/s1. The molecule has 1 saturated carbocycles. The number of carbonyl (C=O) groups excluding carboxylic acids is 1. The minimum Gasteiger partial charge on any atom is -0.352 e. The lowest BCUT2D eigenvalue weighted by Gasteiger charge is -2.38. The number of fused-ring (bicyclic) bond motifs is 1. The van der Waals surface area contributed by atoms with Crippen molar-refractivity contribution < 1.29 is 4.79 Å². The van der Waals surface area contributed by atoms with Crippen LogP contribution in [-0.2, 0) is 13.1 Å². The van der Waals surface area contributed by atoms with Gasteiger partial charge in [-0.05, 0) is 43.4 Å². The zero-order chi connectivity index (χ0) is 17.1. The van der Waals surface area contributed by atoms with Crippen molar-refractivity contribution in [1.82, 2.24) is 25.0 Å². The van der Waals surface area contributed by atoms with Gasteiger partial charge in [-0.3, -0.25) is 19.4 Å². The zero-order valence-corrected chi connectivity index (χ0v) is 14.5. The van der Waals surface area contributed by atoms with Gasteiger partial charge in [-0.25, -0.2) is 0 Å². The molecule has 25 heavy (non-hydrogen) atoms. The second-order valence-corrected chi connectivity index (χ2v) is 7.17. The van der Waals surface area contributed by atoms with Crippen LogP contribution in [0.1, 0.15) is 41.7 Å². The summed E-state index contributed by atoms with van der Waals surface area (Å²) in [5, 5.41) is 7.52. The first-order valence-electron chi connectivity index (χ1n) is 9.22. The molecule has 2 aromatic rings. The van der Waals surface area contributed by atoms with Crippen molar-refractivity contribution in [3.63, 3.8) is 0 Å². The molecule has 3 heterocycles. The van der Waals surface area contributed by atoms with Gasteiger partial charge < -0.3 is 5.32 Å². The number of aromatic nitrogens is 3. The predicted octanol–water partition coefficient (Wildman–Crippen LogP) is 2.08. The summed E-state index contributed by atoms with van der Waals surface area (Å²) in [6.07, 6.45) is 10.1. The molecule has 0 unspecified atom stereocenters. The summed E-state index contributed by atoms with van der Waals surface area (Å²) in [6, 6.07) is 6.45. The molecule has 6 heteroatoms. The van der Waals surface area contributed by atoms with Crippen LogP contribution in [0.2, 0.25) is 0 Å². The Morgan fingerprint density at radius 2 is 2.16 bits per heavy atom. The molecule has 1 aliphatic heterocycles. The molecule has 2 aromatic heterocycles. The molecule has 6 nitrogen and oxygen atoms in total. The molecule has 1 N–H and O–H groups in total. The molecular weight excluding hydrogens is 314 g/mol. The Labute approximate surface area is 148 Å². The maximum atomic E-state index is 12.2. The summed E-state index contributed by atoms with van der Waals surface area (Å²) in [5.74, 6) is 0.466. The van der Waals surface area contributed by atoms with Gasteiger partial charge >= 0.3 is 0 Å². The number of pyridine rings is 1. The van der Waals surface area contributed by atoms with Crippen molar-refractivity contribution in [3.05, 3.63) is 48.0 Å². The van der Waals surface area contributed by atoms with Gasteiger partial charge in [0.15, 0.2) is 0 Å². The van der Waals surface area contributed by atoms with E-state index in [2.05, 4.69) is 31.0 Å². The monoisotopic (exact) mass is 339 g/mol. The molecule has 0 saturated heterocycles. The van der Waals surface area contributed by atoms with Crippen molar-refractivity contribution >= 4 is 5.91 Å². The number of nitrogens with zero attached hydrogens (tertiary/aromatic N) is 4. The number of carbonyl (C=O) groups is 1. The first-order chi connectivity index (χ1) is 12.3. The van der Waals surface area contributed by atoms with Gasteiger partial charge in [0.1, 0.15) is 0 Å². The average Bonchev–Trinajstić information content (AvgIpc) is 2.93. The topological polar surface area (TPSA) is 63.1 Å². The third-order valence-electron chi connectivity index (χ3n) is 5.45. The van der Waals surface area contributed by atoms with Gasteiger partial charge in [-0.1, -0.05) is 6.42 Å². The van der Waals surface area contributed by atoms with E-state index in [0.29, 0.717) is 18.0 Å². The van der Waals surface area contributed by atoms with Crippen molar-refractivity contribution in [2.45, 2.75) is 44.8 Å². The molecule has 0 spiro atoms. The number of hydrogen-bond acceptors (Lipinski definition) is 4. The van der Waals surface area contributed by atoms with Crippen molar-refractivity contribution in [2.24, 2.45) is 5.92 Å². The lowest BCUT2D eigenvalue weighted by Crippen LogP contribution is -2.42. The van der Waals surface area contributed by atoms with Gasteiger partial charge in [0.2, 0.25) is 0 Å². The van der Waals surface area contributed by atoms with E-state index in [4.69, 9.17) is 0 Å². The van der Waals surface area contributed by atoms with Crippen LogP contribution in [0.5, 0.6) is 0 Å². The molecule has 0 bridgehead atoms. The van der Waals surface area contributed by atoms with Crippen LogP contribution in [-0.4, -0.2) is 44.7 Å². The van der Waals surface area contributed by atoms with E-state index >= 15 is 0 Å². The largest absolute Gasteiger partial charge is 0.352 e. The van der Waals surface area contributed by atoms with Crippen LogP contribution < -0.4 is 5.32 Å². The van der Waals surface area contributed by atoms with E-state index in [1.807, 2.05) is 6.20 Å². The molecular formula is C19H25N5O. The summed E-state index contributed by atoms with van der Waals surface area (Å²) in [5.41, 5.74) is 1.93. The van der Waals surface area contributed by atoms with E-state index in [9.17, 15) is 4.79 Å². The highest BCUT2D eigenvalue weighted by Gasteiger charge is 2.30. The Hall–Kier alpha value is -2.21. The fourth-order valence-corrected chi connectivity index (χ4v) is 3.77. The molecule has 1 amide bonds. The summed E-state index contributed by atoms with van der Waals surface area (Å²) in [6.45, 7) is 3.72. The molecule has 1 fully saturated rings. The van der Waals surface area contributed by atoms with Crippen LogP contribution in [0, 0.1) is 5.92 Å². The Kier molecular flexibility index (Phi) is 4.78. The fraction of sp³-hybridized carbons (Fsp3) is 0.526. The molecule has 0 radical (unpaired) electrons. The van der Waals surface area contributed by atoms with Crippen molar-refractivity contribution in [3.8, 4) is 0 Å². The Morgan fingerprint density at radius 3 is 2.92 bits per heavy atom. The molecule has 2 aliphatic rings. The van der Waals surface area contributed by atoms with Gasteiger partial charge in [0.25, 0.3) is 5.91 Å². The zero-order valence-electron chi connectivity index (χ0n) is 14.5. The number of rotatable bonds is 5. The van der Waals surface area contributed by atoms with Gasteiger partial charge in [-0.2, -0.15) is 5.10 Å². The second-order valence-electron chi connectivity index (χ2n) is 7.17. The number of amides is 1. The van der Waals surface area contributed by atoms with E-state index in [0.717, 1.165) is 32.1 Å². The lowest BCUT2D eigenvalue weighted by molar-refractivity contribution is 0.0930. The normalized spacial score (nSPS) is 21.2. The van der Waals surface area contributed by atoms with Gasteiger partial charge in [-0.15, -0.1) is 0 Å². The van der Waals surface area contributed by atoms with E-state index in [1.54, 1.807) is 24.5 Å². The third kappa shape index (κ3) is 3.74. The van der Waals surface area contributed by atoms with Crippen LogP contribution >= 0.6 is 0 Å². The summed E-state index contributed by atoms with van der Waals surface area (Å²) in [4.78, 5) is 18.8. The summed E-state index contributed by atoms with van der Waals surface area (Å²) < 4.78 is 2.15. The van der Waals surface area contributed by atoms with Crippen LogP contribution in [0.25, 0.3) is 0 Å². The summed E-state index contributed by atoms with van der Waals surface area (Å²) in [7, 11) is 0. The highest BCUT2D eigenvalue weighted by molar-refractivity contribution is 5.93. The van der Waals surface area contributed by atoms with Crippen LogP contribution in [0.15, 0.2) is 36.8 Å². The Balaban J connectivity index is 1.35. The Morgan fingerprint density at radius 1 is 1.24 bits per heavy atom. The quantitative estimate of drug-likeness (QED) is 0.906. The lowest BCUT2D eigenvalue weighted by atomic mass is 9.90. The maximum absolute atomic E-state index is 12.2. The summed E-state index contributed by atoms with van der Waals surface area (Å²) >= 11 is 0. The third-order valence-corrected chi connectivity index (χ3v) is 5.45. The SMILES string of the molecule is O=C(NCC[C@H]1CN(C2CCC2)Cc2ccnn2C1)c1cccnc1. The average molecular weight is 339 g/mol. The molecule has 1 atom stereocenters. The highest BCUT2D eigenvalue weighted by atomic mass is 16.1. The molecule has 0 aromatic carbocycles. The van der Waals surface area contributed by atoms with E-state index in [1.165, 1.54) is 25.0 Å². The van der Waals surface area contributed by atoms with Crippen LogP contribution in [0.4, 0.5) is 0 Å². The Bertz CT molecular complexity index is 710. The fourth-order valence-electron chi connectivity index (χ4n) is 3.77. The van der Waals surface area contributed by atoms with Crippen LogP contribution in [0.3, 0.4) is 0 Å². The molecule has 1 aliphatic carbocycles. The van der Waals surface area contributed by atoms with Crippen molar-refractivity contribution in [2.75, 3.05) is 13.1 Å². The van der Waals surface area contributed by atoms with Gasteiger partial charge in [0, 0.05) is 50.8 Å². The molecule has 4 rings (SSSR count). The van der Waals surface area contributed by atoms with Crippen molar-refractivity contribution in [1.29, 1.82) is 0 Å². The first kappa shape index (κ1) is 16.3. The first-order valence-corrected chi connectivity index (χ1v) is 9.22. The number of nitrogens with one attached hydrogen (secondary N) is 1. The minimum absolute atomic E-state index is 0.0441. The van der Waals surface area contributed by atoms with E-state index < -0.39 is 0 Å². The molecule has 132 valence electrons. The maximum Gasteiger partial charge on any atom is 0.252 e. The van der Waals surface area contributed by atoms with E-state index in [-0.39, 0.29) is 5.91 Å². The van der Waals surface area contributed by atoms with Gasteiger partial charge in [0.05, 0.1) is 11.3 Å². The highest BCUT2D eigenvalue weighted by Crippen LogP contribution is 2.29. The smallest absolute Gasteiger partial charge is 0.252 e. The number of hydrogen-bond donors (Lipinski definition) is 1. The minimum atomic E-state index is -0.0441. The predicted molar refractivity (Wildman–Crippen MR) is 95.0 cm³/mol. The second kappa shape index (κ2) is 7.35.